The third-order valence-electron chi connectivity index (χ3n) is 5.51. The lowest BCUT2D eigenvalue weighted by Gasteiger charge is -2.40. The Bertz CT molecular complexity index is 624. The van der Waals surface area contributed by atoms with Gasteiger partial charge in [-0.15, -0.1) is 0 Å². The summed E-state index contributed by atoms with van der Waals surface area (Å²) in [5, 5.41) is 0. The summed E-state index contributed by atoms with van der Waals surface area (Å²) in [7, 11) is 0. The zero-order chi connectivity index (χ0) is 19.6. The zero-order valence-electron chi connectivity index (χ0n) is 17.3. The van der Waals surface area contributed by atoms with Crippen LogP contribution in [0.25, 0.3) is 0 Å². The molecule has 2 atom stereocenters. The van der Waals surface area contributed by atoms with Crippen LogP contribution in [0.1, 0.15) is 70.2 Å². The Morgan fingerprint density at radius 2 is 1.67 bits per heavy atom. The van der Waals surface area contributed by atoms with E-state index in [1.807, 2.05) is 32.6 Å². The predicted octanol–water partition coefficient (Wildman–Crippen LogP) is 4.10. The molecular weight excluding hydrogens is 338 g/mol. The molecule has 150 valence electrons. The van der Waals surface area contributed by atoms with Gasteiger partial charge in [0.15, 0.2) is 0 Å². The molecule has 1 amide bonds. The SMILES string of the molecule is C[C@H](N)c1ccc([C@@H](CC2CC2)N2CCN(C(=O)OC(C)(C)C)CC2)cc1. The van der Waals surface area contributed by atoms with E-state index in [4.69, 9.17) is 10.5 Å². The number of hydrogen-bond donors (Lipinski definition) is 1. The fourth-order valence-corrected chi connectivity index (χ4v) is 3.73. The lowest BCUT2D eigenvalue weighted by molar-refractivity contribution is 0.00942. The second-order valence-corrected chi connectivity index (χ2v) is 9.15. The van der Waals surface area contributed by atoms with Gasteiger partial charge >= 0.3 is 6.09 Å². The molecule has 27 heavy (non-hydrogen) atoms. The lowest BCUT2D eigenvalue weighted by atomic mass is 9.96. The summed E-state index contributed by atoms with van der Waals surface area (Å²) in [5.41, 5.74) is 8.11. The molecule has 1 aliphatic heterocycles. The molecular formula is C22H35N3O2. The number of amides is 1. The summed E-state index contributed by atoms with van der Waals surface area (Å²) in [6, 6.07) is 9.31. The summed E-state index contributed by atoms with van der Waals surface area (Å²) >= 11 is 0. The molecule has 0 radical (unpaired) electrons. The van der Waals surface area contributed by atoms with E-state index >= 15 is 0 Å². The maximum Gasteiger partial charge on any atom is 0.410 e. The van der Waals surface area contributed by atoms with Gasteiger partial charge in [-0.25, -0.2) is 4.79 Å². The molecule has 2 fully saturated rings. The first kappa shape index (κ1) is 20.2. The molecule has 5 heteroatoms. The first-order valence-electron chi connectivity index (χ1n) is 10.3. The van der Waals surface area contributed by atoms with Crippen molar-refractivity contribution >= 4 is 6.09 Å². The normalized spacial score (nSPS) is 21.0. The van der Waals surface area contributed by atoms with Gasteiger partial charge in [-0.1, -0.05) is 37.1 Å². The minimum atomic E-state index is -0.440. The van der Waals surface area contributed by atoms with Crippen LogP contribution in [-0.2, 0) is 4.74 Å². The fraction of sp³-hybridized carbons (Fsp3) is 0.682. The Morgan fingerprint density at radius 1 is 1.11 bits per heavy atom. The van der Waals surface area contributed by atoms with Crippen LogP contribution in [0.5, 0.6) is 0 Å². The van der Waals surface area contributed by atoms with Crippen LogP contribution < -0.4 is 5.73 Å². The highest BCUT2D eigenvalue weighted by Crippen LogP contribution is 2.40. The van der Waals surface area contributed by atoms with E-state index in [1.165, 1.54) is 30.4 Å². The maximum absolute atomic E-state index is 12.3. The van der Waals surface area contributed by atoms with Crippen LogP contribution in [-0.4, -0.2) is 47.7 Å². The highest BCUT2D eigenvalue weighted by molar-refractivity contribution is 5.68. The third-order valence-corrected chi connectivity index (χ3v) is 5.51. The molecule has 0 spiro atoms. The van der Waals surface area contributed by atoms with Gasteiger partial charge in [0.2, 0.25) is 0 Å². The third kappa shape index (κ3) is 5.69. The van der Waals surface area contributed by atoms with Gasteiger partial charge in [-0.05, 0) is 51.2 Å². The second-order valence-electron chi connectivity index (χ2n) is 9.15. The molecule has 1 aromatic carbocycles. The molecule has 1 saturated carbocycles. The van der Waals surface area contributed by atoms with Crippen LogP contribution in [0.4, 0.5) is 4.79 Å². The molecule has 2 aliphatic rings. The zero-order valence-corrected chi connectivity index (χ0v) is 17.3. The van der Waals surface area contributed by atoms with Crippen LogP contribution in [0.2, 0.25) is 0 Å². The van der Waals surface area contributed by atoms with Gasteiger partial charge in [-0.2, -0.15) is 0 Å². The van der Waals surface area contributed by atoms with Crippen molar-refractivity contribution in [2.45, 2.75) is 64.6 Å². The summed E-state index contributed by atoms with van der Waals surface area (Å²) in [5.74, 6) is 0.854. The van der Waals surface area contributed by atoms with E-state index < -0.39 is 5.60 Å². The van der Waals surface area contributed by atoms with Crippen molar-refractivity contribution in [1.82, 2.24) is 9.80 Å². The van der Waals surface area contributed by atoms with E-state index in [9.17, 15) is 4.79 Å². The molecule has 1 aromatic rings. The average Bonchev–Trinajstić information content (AvgIpc) is 3.43. The molecule has 1 aliphatic carbocycles. The molecule has 0 bridgehead atoms. The summed E-state index contributed by atoms with van der Waals surface area (Å²) in [6.07, 6.45) is 3.73. The summed E-state index contributed by atoms with van der Waals surface area (Å²) in [6.45, 7) is 11.0. The van der Waals surface area contributed by atoms with Crippen molar-refractivity contribution in [3.63, 3.8) is 0 Å². The highest BCUT2D eigenvalue weighted by Gasteiger charge is 2.33. The van der Waals surface area contributed by atoms with Crippen molar-refractivity contribution < 1.29 is 9.53 Å². The average molecular weight is 374 g/mol. The molecule has 2 N–H and O–H groups in total. The highest BCUT2D eigenvalue weighted by atomic mass is 16.6. The first-order valence-corrected chi connectivity index (χ1v) is 10.3. The van der Waals surface area contributed by atoms with Crippen molar-refractivity contribution in [2.24, 2.45) is 11.7 Å². The first-order chi connectivity index (χ1) is 12.7. The number of piperazine rings is 1. The number of nitrogens with zero attached hydrogens (tertiary/aromatic N) is 2. The maximum atomic E-state index is 12.3. The van der Waals surface area contributed by atoms with Crippen molar-refractivity contribution in [1.29, 1.82) is 0 Å². The Hall–Kier alpha value is -1.59. The van der Waals surface area contributed by atoms with Crippen molar-refractivity contribution in [3.8, 4) is 0 Å². The molecule has 5 nitrogen and oxygen atoms in total. The Morgan fingerprint density at radius 3 is 2.15 bits per heavy atom. The van der Waals surface area contributed by atoms with E-state index in [2.05, 4.69) is 29.2 Å². The Kier molecular flexibility index (Phi) is 6.11. The molecule has 0 aromatic heterocycles. The smallest absolute Gasteiger partial charge is 0.410 e. The number of nitrogens with two attached hydrogens (primary N) is 1. The number of carbonyl (C=O) groups is 1. The number of ether oxygens (including phenoxy) is 1. The predicted molar refractivity (Wildman–Crippen MR) is 109 cm³/mol. The standard InChI is InChI=1S/C22H35N3O2/c1-16(23)18-7-9-19(10-8-18)20(15-17-5-6-17)24-11-13-25(14-12-24)21(26)27-22(2,3)4/h7-10,16-17,20H,5-6,11-15,23H2,1-4H3/t16-,20+/m0/s1. The number of rotatable bonds is 5. The molecule has 3 rings (SSSR count). The van der Waals surface area contributed by atoms with Crippen molar-refractivity contribution in [3.05, 3.63) is 35.4 Å². The topological polar surface area (TPSA) is 58.8 Å². The van der Waals surface area contributed by atoms with Crippen LogP contribution >= 0.6 is 0 Å². The molecule has 1 saturated heterocycles. The monoisotopic (exact) mass is 373 g/mol. The van der Waals surface area contributed by atoms with Gasteiger partial charge in [0.05, 0.1) is 0 Å². The van der Waals surface area contributed by atoms with E-state index in [0.717, 1.165) is 32.1 Å². The van der Waals surface area contributed by atoms with E-state index in [0.29, 0.717) is 6.04 Å². The second kappa shape index (κ2) is 8.19. The van der Waals surface area contributed by atoms with Gasteiger partial charge < -0.3 is 15.4 Å². The largest absolute Gasteiger partial charge is 0.444 e. The fourth-order valence-electron chi connectivity index (χ4n) is 3.73. The van der Waals surface area contributed by atoms with E-state index in [-0.39, 0.29) is 12.1 Å². The number of benzene rings is 1. The van der Waals surface area contributed by atoms with Gasteiger partial charge in [0, 0.05) is 38.3 Å². The summed E-state index contributed by atoms with van der Waals surface area (Å²) in [4.78, 5) is 16.7. The Labute approximate surface area is 163 Å². The number of carbonyl (C=O) groups excluding carboxylic acids is 1. The minimum Gasteiger partial charge on any atom is -0.444 e. The van der Waals surface area contributed by atoms with Gasteiger partial charge in [-0.3, -0.25) is 4.90 Å². The summed E-state index contributed by atoms with van der Waals surface area (Å²) < 4.78 is 5.52. The van der Waals surface area contributed by atoms with Crippen LogP contribution in [0, 0.1) is 5.92 Å². The quantitative estimate of drug-likeness (QED) is 0.844. The molecule has 1 heterocycles. The van der Waals surface area contributed by atoms with Gasteiger partial charge in [0.1, 0.15) is 5.60 Å². The van der Waals surface area contributed by atoms with Crippen LogP contribution in [0.3, 0.4) is 0 Å². The minimum absolute atomic E-state index is 0.0679. The van der Waals surface area contributed by atoms with Crippen LogP contribution in [0.15, 0.2) is 24.3 Å². The number of hydrogen-bond acceptors (Lipinski definition) is 4. The van der Waals surface area contributed by atoms with Gasteiger partial charge in [0.25, 0.3) is 0 Å². The van der Waals surface area contributed by atoms with Crippen molar-refractivity contribution in [2.75, 3.05) is 26.2 Å². The lowest BCUT2D eigenvalue weighted by Crippen LogP contribution is -2.50. The van der Waals surface area contributed by atoms with E-state index in [1.54, 1.807) is 0 Å². The Balaban J connectivity index is 1.64. The molecule has 0 unspecified atom stereocenters.